The molecule has 0 saturated heterocycles. The molecule has 0 aromatic heterocycles. The van der Waals surface area contributed by atoms with Gasteiger partial charge in [-0.15, -0.1) is 0 Å². The minimum Gasteiger partial charge on any atom is -0.389 e. The molecule has 4 nitrogen and oxygen atoms in total. The van der Waals surface area contributed by atoms with Crippen LogP contribution in [0.5, 0.6) is 0 Å². The van der Waals surface area contributed by atoms with Gasteiger partial charge in [0.15, 0.2) is 0 Å². The molecule has 0 aliphatic heterocycles. The average molecular weight is 318 g/mol. The fourth-order valence-corrected chi connectivity index (χ4v) is 3.60. The SMILES string of the molecule is CCC(C)C(C)NS(=O)(=O)c1cccc(F)c1C(N)=S. The third kappa shape index (κ3) is 3.74. The fraction of sp³-hybridized carbons (Fsp3) is 0.462. The average Bonchev–Trinajstić information content (AvgIpc) is 2.36. The van der Waals surface area contributed by atoms with Gasteiger partial charge in [-0.25, -0.2) is 17.5 Å². The van der Waals surface area contributed by atoms with E-state index in [1.807, 2.05) is 13.8 Å². The van der Waals surface area contributed by atoms with Crippen LogP contribution in [0.25, 0.3) is 0 Å². The first kappa shape index (κ1) is 17.0. The predicted octanol–water partition coefficient (Wildman–Crippen LogP) is 2.17. The summed E-state index contributed by atoms with van der Waals surface area (Å²) in [4.78, 5) is -0.500. The molecule has 0 bridgehead atoms. The summed E-state index contributed by atoms with van der Waals surface area (Å²) in [7, 11) is -3.87. The summed E-state index contributed by atoms with van der Waals surface area (Å²) in [5.74, 6) is -0.580. The Bertz CT molecular complexity index is 602. The van der Waals surface area contributed by atoms with Gasteiger partial charge in [0.25, 0.3) is 0 Å². The zero-order valence-corrected chi connectivity index (χ0v) is 13.3. The largest absolute Gasteiger partial charge is 0.389 e. The van der Waals surface area contributed by atoms with Gasteiger partial charge in [0.1, 0.15) is 10.8 Å². The predicted molar refractivity (Wildman–Crippen MR) is 81.5 cm³/mol. The molecule has 0 spiro atoms. The first-order valence-corrected chi connectivity index (χ1v) is 8.20. The van der Waals surface area contributed by atoms with Crippen molar-refractivity contribution in [3.63, 3.8) is 0 Å². The van der Waals surface area contributed by atoms with Gasteiger partial charge in [-0.1, -0.05) is 38.6 Å². The van der Waals surface area contributed by atoms with E-state index in [4.69, 9.17) is 18.0 Å². The van der Waals surface area contributed by atoms with Crippen molar-refractivity contribution in [3.8, 4) is 0 Å². The van der Waals surface area contributed by atoms with Crippen LogP contribution in [0.3, 0.4) is 0 Å². The summed E-state index contributed by atoms with van der Waals surface area (Å²) < 4.78 is 41.0. The summed E-state index contributed by atoms with van der Waals surface area (Å²) in [6, 6.07) is 3.47. The Kier molecular flexibility index (Phi) is 5.61. The molecular formula is C13H19FN2O2S2. The van der Waals surface area contributed by atoms with Gasteiger partial charge in [-0.05, 0) is 25.0 Å². The van der Waals surface area contributed by atoms with E-state index in [1.165, 1.54) is 12.1 Å². The van der Waals surface area contributed by atoms with Crippen molar-refractivity contribution < 1.29 is 12.8 Å². The van der Waals surface area contributed by atoms with Crippen LogP contribution in [0.1, 0.15) is 32.8 Å². The number of nitrogens with one attached hydrogen (secondary N) is 1. The van der Waals surface area contributed by atoms with E-state index in [2.05, 4.69) is 4.72 Å². The molecule has 112 valence electrons. The Hall–Kier alpha value is -1.05. The molecule has 3 N–H and O–H groups in total. The lowest BCUT2D eigenvalue weighted by Crippen LogP contribution is -2.37. The monoisotopic (exact) mass is 318 g/mol. The molecule has 0 saturated carbocycles. The third-order valence-electron chi connectivity index (χ3n) is 3.35. The topological polar surface area (TPSA) is 72.2 Å². The zero-order chi connectivity index (χ0) is 15.5. The number of nitrogens with two attached hydrogens (primary N) is 1. The number of rotatable bonds is 6. The number of hydrogen-bond donors (Lipinski definition) is 2. The summed E-state index contributed by atoms with van der Waals surface area (Å²) in [6.07, 6.45) is 0.828. The van der Waals surface area contributed by atoms with Crippen molar-refractivity contribution in [2.24, 2.45) is 11.7 Å². The molecule has 0 heterocycles. The highest BCUT2D eigenvalue weighted by Crippen LogP contribution is 2.20. The van der Waals surface area contributed by atoms with Crippen molar-refractivity contribution in [3.05, 3.63) is 29.6 Å². The second kappa shape index (κ2) is 6.60. The number of benzene rings is 1. The minimum atomic E-state index is -3.87. The number of hydrogen-bond acceptors (Lipinski definition) is 3. The fourth-order valence-electron chi connectivity index (χ4n) is 1.75. The van der Waals surface area contributed by atoms with Crippen LogP contribution in [-0.4, -0.2) is 19.4 Å². The van der Waals surface area contributed by atoms with Gasteiger partial charge in [0.2, 0.25) is 10.0 Å². The molecule has 0 fully saturated rings. The normalized spacial score (nSPS) is 14.8. The van der Waals surface area contributed by atoms with Gasteiger partial charge in [-0.2, -0.15) is 0 Å². The van der Waals surface area contributed by atoms with Crippen LogP contribution >= 0.6 is 12.2 Å². The van der Waals surface area contributed by atoms with Gasteiger partial charge in [0.05, 0.1) is 10.5 Å². The van der Waals surface area contributed by atoms with E-state index >= 15 is 0 Å². The molecule has 1 rings (SSSR count). The van der Waals surface area contributed by atoms with Crippen LogP contribution in [0.4, 0.5) is 4.39 Å². The second-order valence-corrected chi connectivity index (χ2v) is 6.89. The molecule has 7 heteroatoms. The standard InChI is InChI=1S/C13H19FN2O2S2/c1-4-8(2)9(3)16-20(17,18)11-7-5-6-10(14)12(11)13(15)19/h5-9,16H,4H2,1-3H3,(H2,15,19). The highest BCUT2D eigenvalue weighted by Gasteiger charge is 2.25. The third-order valence-corrected chi connectivity index (χ3v) is 5.16. The molecule has 0 amide bonds. The first-order chi connectivity index (χ1) is 9.20. The Balaban J connectivity index is 3.23. The lowest BCUT2D eigenvalue weighted by molar-refractivity contribution is 0.434. The van der Waals surface area contributed by atoms with Gasteiger partial charge >= 0.3 is 0 Å². The molecule has 0 aliphatic rings. The quantitative estimate of drug-likeness (QED) is 0.789. The summed E-state index contributed by atoms with van der Waals surface area (Å²) in [6.45, 7) is 5.68. The maximum Gasteiger partial charge on any atom is 0.241 e. The van der Waals surface area contributed by atoms with E-state index in [9.17, 15) is 12.8 Å². The molecule has 0 aliphatic carbocycles. The van der Waals surface area contributed by atoms with E-state index in [1.54, 1.807) is 6.92 Å². The zero-order valence-electron chi connectivity index (χ0n) is 11.7. The minimum absolute atomic E-state index is 0.159. The number of sulfonamides is 1. The molecule has 0 radical (unpaired) electrons. The maximum atomic E-state index is 13.7. The summed E-state index contributed by atoms with van der Waals surface area (Å²) >= 11 is 4.74. The highest BCUT2D eigenvalue weighted by molar-refractivity contribution is 7.89. The molecule has 1 aromatic rings. The van der Waals surface area contributed by atoms with E-state index < -0.39 is 15.8 Å². The lowest BCUT2D eigenvalue weighted by Gasteiger charge is -2.20. The lowest BCUT2D eigenvalue weighted by atomic mass is 10.0. The molecule has 2 unspecified atom stereocenters. The second-order valence-electron chi connectivity index (χ2n) is 4.77. The van der Waals surface area contributed by atoms with Crippen molar-refractivity contribution in [2.75, 3.05) is 0 Å². The number of halogens is 1. The van der Waals surface area contributed by atoms with Crippen LogP contribution < -0.4 is 10.5 Å². The van der Waals surface area contributed by atoms with Crippen LogP contribution in [0.2, 0.25) is 0 Å². The van der Waals surface area contributed by atoms with Gasteiger partial charge in [-0.3, -0.25) is 0 Å². The summed E-state index contributed by atoms with van der Waals surface area (Å²) in [5.41, 5.74) is 5.18. The van der Waals surface area contributed by atoms with Crippen molar-refractivity contribution in [1.29, 1.82) is 0 Å². The van der Waals surface area contributed by atoms with Crippen molar-refractivity contribution >= 4 is 27.2 Å². The Labute approximate surface area is 124 Å². The Morgan fingerprint density at radius 2 is 2.05 bits per heavy atom. The van der Waals surface area contributed by atoms with Crippen LogP contribution in [-0.2, 0) is 10.0 Å². The van der Waals surface area contributed by atoms with Crippen LogP contribution in [0.15, 0.2) is 23.1 Å². The van der Waals surface area contributed by atoms with Crippen molar-refractivity contribution in [2.45, 2.75) is 38.1 Å². The molecule has 20 heavy (non-hydrogen) atoms. The van der Waals surface area contributed by atoms with E-state index in [0.717, 1.165) is 12.5 Å². The molecule has 2 atom stereocenters. The highest BCUT2D eigenvalue weighted by atomic mass is 32.2. The Morgan fingerprint density at radius 3 is 2.55 bits per heavy atom. The van der Waals surface area contributed by atoms with Crippen LogP contribution in [0, 0.1) is 11.7 Å². The Morgan fingerprint density at radius 1 is 1.45 bits per heavy atom. The van der Waals surface area contributed by atoms with Gasteiger partial charge in [0, 0.05) is 6.04 Å². The molecular weight excluding hydrogens is 299 g/mol. The maximum absolute atomic E-state index is 13.7. The molecule has 1 aromatic carbocycles. The van der Waals surface area contributed by atoms with E-state index in [0.29, 0.717) is 0 Å². The summed E-state index contributed by atoms with van der Waals surface area (Å²) in [5, 5.41) is 0. The smallest absolute Gasteiger partial charge is 0.241 e. The van der Waals surface area contributed by atoms with Crippen molar-refractivity contribution in [1.82, 2.24) is 4.72 Å². The van der Waals surface area contributed by atoms with E-state index in [-0.39, 0.29) is 27.4 Å². The van der Waals surface area contributed by atoms with Gasteiger partial charge < -0.3 is 5.73 Å². The number of thiocarbonyl (C=S) groups is 1. The first-order valence-electron chi connectivity index (χ1n) is 6.31.